The van der Waals surface area contributed by atoms with Gasteiger partial charge < -0.3 is 4.90 Å². The number of aldehydes is 1. The van der Waals surface area contributed by atoms with E-state index in [1.54, 1.807) is 0 Å². The van der Waals surface area contributed by atoms with Crippen LogP contribution in [0.4, 0.5) is 5.69 Å². The van der Waals surface area contributed by atoms with Crippen molar-refractivity contribution in [1.82, 2.24) is 0 Å². The van der Waals surface area contributed by atoms with Crippen molar-refractivity contribution < 1.29 is 4.79 Å². The van der Waals surface area contributed by atoms with Crippen molar-refractivity contribution in [3.63, 3.8) is 0 Å². The van der Waals surface area contributed by atoms with Gasteiger partial charge in [0.05, 0.1) is 12.5 Å². The lowest BCUT2D eigenvalue weighted by Crippen LogP contribution is -2.28. The van der Waals surface area contributed by atoms with E-state index in [2.05, 4.69) is 6.07 Å². The third kappa shape index (κ3) is 2.60. The first kappa shape index (κ1) is 12.3. The lowest BCUT2D eigenvalue weighted by molar-refractivity contribution is 0.112. The zero-order chi connectivity index (χ0) is 12.1. The molecule has 1 unspecified atom stereocenters. The molecule has 0 radical (unpaired) electrons. The highest BCUT2D eigenvalue weighted by atomic mass is 16.1. The van der Waals surface area contributed by atoms with Gasteiger partial charge in [-0.25, -0.2) is 0 Å². The third-order valence-corrected chi connectivity index (χ3v) is 2.84. The van der Waals surface area contributed by atoms with Crippen LogP contribution in [0.25, 0.3) is 0 Å². The number of rotatable bonds is 4. The van der Waals surface area contributed by atoms with E-state index in [0.29, 0.717) is 12.0 Å². The van der Waals surface area contributed by atoms with E-state index in [-0.39, 0.29) is 6.04 Å². The Balaban J connectivity index is 2.93. The summed E-state index contributed by atoms with van der Waals surface area (Å²) in [6.07, 6.45) is 1.35. The van der Waals surface area contributed by atoms with Crippen LogP contribution in [0.1, 0.15) is 29.3 Å². The summed E-state index contributed by atoms with van der Waals surface area (Å²) in [5, 5.41) is 8.65. The Morgan fingerprint density at radius 3 is 2.75 bits per heavy atom. The lowest BCUT2D eigenvalue weighted by Gasteiger charge is -2.25. The van der Waals surface area contributed by atoms with Gasteiger partial charge in [-0.3, -0.25) is 4.79 Å². The fourth-order valence-corrected chi connectivity index (χ4v) is 1.54. The minimum atomic E-state index is 0.173. The number of carbonyl (C=O) groups excluding carboxylic acids is 1. The van der Waals surface area contributed by atoms with Crippen LogP contribution >= 0.6 is 0 Å². The molecular weight excluding hydrogens is 200 g/mol. The molecule has 84 valence electrons. The quantitative estimate of drug-likeness (QED) is 0.726. The van der Waals surface area contributed by atoms with Gasteiger partial charge in [0.15, 0.2) is 0 Å². The molecule has 0 heterocycles. The molecule has 0 aliphatic rings. The van der Waals surface area contributed by atoms with E-state index >= 15 is 0 Å². The Hall–Kier alpha value is -1.82. The predicted octanol–water partition coefficient (Wildman–Crippen LogP) is 2.55. The van der Waals surface area contributed by atoms with Crippen LogP contribution < -0.4 is 4.90 Å². The second-order valence-electron chi connectivity index (χ2n) is 3.98. The number of nitrogens with zero attached hydrogens (tertiary/aromatic N) is 2. The first-order chi connectivity index (χ1) is 7.60. The van der Waals surface area contributed by atoms with E-state index < -0.39 is 0 Å². The van der Waals surface area contributed by atoms with Crippen LogP contribution in [0, 0.1) is 18.3 Å². The summed E-state index contributed by atoms with van der Waals surface area (Å²) in [6, 6.07) is 8.02. The molecule has 0 aromatic heterocycles. The average Bonchev–Trinajstić information content (AvgIpc) is 2.28. The molecule has 0 aliphatic heterocycles. The van der Waals surface area contributed by atoms with E-state index in [1.807, 2.05) is 44.0 Å². The monoisotopic (exact) mass is 216 g/mol. The normalized spacial score (nSPS) is 11.6. The molecule has 0 fully saturated rings. The highest BCUT2D eigenvalue weighted by Crippen LogP contribution is 2.19. The smallest absolute Gasteiger partial charge is 0.150 e. The summed E-state index contributed by atoms with van der Waals surface area (Å²) in [5.41, 5.74) is 2.71. The number of hydrogen-bond donors (Lipinski definition) is 0. The number of nitriles is 1. The highest BCUT2D eigenvalue weighted by Gasteiger charge is 2.10. The molecule has 1 atom stereocenters. The molecule has 0 spiro atoms. The van der Waals surface area contributed by atoms with Gasteiger partial charge in [-0.2, -0.15) is 5.26 Å². The average molecular weight is 216 g/mol. The van der Waals surface area contributed by atoms with Gasteiger partial charge in [0.1, 0.15) is 6.29 Å². The molecule has 0 amide bonds. The Morgan fingerprint density at radius 1 is 1.56 bits per heavy atom. The van der Waals surface area contributed by atoms with Crippen LogP contribution in [0.5, 0.6) is 0 Å². The zero-order valence-electron chi connectivity index (χ0n) is 9.90. The Morgan fingerprint density at radius 2 is 2.25 bits per heavy atom. The SMILES string of the molecule is Cc1cc(N(C)C(C)CC#N)ccc1C=O. The van der Waals surface area contributed by atoms with E-state index in [4.69, 9.17) is 5.26 Å². The highest BCUT2D eigenvalue weighted by molar-refractivity contribution is 5.78. The maximum Gasteiger partial charge on any atom is 0.150 e. The van der Waals surface area contributed by atoms with Crippen molar-refractivity contribution in [3.8, 4) is 6.07 Å². The first-order valence-electron chi connectivity index (χ1n) is 5.25. The van der Waals surface area contributed by atoms with Crippen LogP contribution in [-0.4, -0.2) is 19.4 Å². The largest absolute Gasteiger partial charge is 0.371 e. The van der Waals surface area contributed by atoms with Crippen molar-refractivity contribution in [3.05, 3.63) is 29.3 Å². The Labute approximate surface area is 96.3 Å². The second kappa shape index (κ2) is 5.32. The molecular formula is C13H16N2O. The zero-order valence-corrected chi connectivity index (χ0v) is 9.90. The predicted molar refractivity (Wildman–Crippen MR) is 64.7 cm³/mol. The fraction of sp³-hybridized carbons (Fsp3) is 0.385. The second-order valence-corrected chi connectivity index (χ2v) is 3.98. The maximum atomic E-state index is 10.7. The van der Waals surface area contributed by atoms with Crippen LogP contribution in [0.3, 0.4) is 0 Å². The number of hydrogen-bond acceptors (Lipinski definition) is 3. The van der Waals surface area contributed by atoms with Crippen molar-refractivity contribution in [2.45, 2.75) is 26.3 Å². The molecule has 1 aromatic carbocycles. The molecule has 0 saturated heterocycles. The van der Waals surface area contributed by atoms with Gasteiger partial charge >= 0.3 is 0 Å². The van der Waals surface area contributed by atoms with Crippen LogP contribution in [0.2, 0.25) is 0 Å². The van der Waals surface area contributed by atoms with Gasteiger partial charge in [-0.05, 0) is 37.6 Å². The molecule has 0 N–H and O–H groups in total. The molecule has 1 aromatic rings. The first-order valence-corrected chi connectivity index (χ1v) is 5.25. The number of benzene rings is 1. The summed E-state index contributed by atoms with van der Waals surface area (Å²) in [6.45, 7) is 3.92. The van der Waals surface area contributed by atoms with Crippen molar-refractivity contribution >= 4 is 12.0 Å². The van der Waals surface area contributed by atoms with Gasteiger partial charge in [-0.1, -0.05) is 0 Å². The summed E-state index contributed by atoms with van der Waals surface area (Å²) < 4.78 is 0. The summed E-state index contributed by atoms with van der Waals surface area (Å²) >= 11 is 0. The maximum absolute atomic E-state index is 10.7. The van der Waals surface area contributed by atoms with Crippen LogP contribution in [0.15, 0.2) is 18.2 Å². The Bertz CT molecular complexity index is 420. The Kier molecular flexibility index (Phi) is 4.07. The molecule has 1 rings (SSSR count). The number of anilines is 1. The fourth-order valence-electron chi connectivity index (χ4n) is 1.54. The van der Waals surface area contributed by atoms with Crippen molar-refractivity contribution in [2.75, 3.05) is 11.9 Å². The van der Waals surface area contributed by atoms with Gasteiger partial charge in [0, 0.05) is 24.3 Å². The standard InChI is InChI=1S/C13H16N2O/c1-10-8-13(5-4-12(10)9-16)15(3)11(2)6-7-14/h4-5,8-9,11H,6H2,1-3H3. The molecule has 0 saturated carbocycles. The van der Waals surface area contributed by atoms with Crippen molar-refractivity contribution in [1.29, 1.82) is 5.26 Å². The number of carbonyl (C=O) groups is 1. The number of aryl methyl sites for hydroxylation is 1. The summed E-state index contributed by atoms with van der Waals surface area (Å²) in [7, 11) is 1.96. The minimum Gasteiger partial charge on any atom is -0.371 e. The minimum absolute atomic E-state index is 0.173. The molecule has 0 bridgehead atoms. The van der Waals surface area contributed by atoms with E-state index in [0.717, 1.165) is 17.5 Å². The van der Waals surface area contributed by atoms with Crippen molar-refractivity contribution in [2.24, 2.45) is 0 Å². The molecule has 0 aliphatic carbocycles. The summed E-state index contributed by atoms with van der Waals surface area (Å²) in [4.78, 5) is 12.7. The van der Waals surface area contributed by atoms with E-state index in [9.17, 15) is 4.79 Å². The topological polar surface area (TPSA) is 44.1 Å². The van der Waals surface area contributed by atoms with Gasteiger partial charge in [0.25, 0.3) is 0 Å². The van der Waals surface area contributed by atoms with E-state index in [1.165, 1.54) is 0 Å². The van der Waals surface area contributed by atoms with Crippen LogP contribution in [-0.2, 0) is 0 Å². The third-order valence-electron chi connectivity index (χ3n) is 2.84. The summed E-state index contributed by atoms with van der Waals surface area (Å²) in [5.74, 6) is 0. The molecule has 16 heavy (non-hydrogen) atoms. The van der Waals surface area contributed by atoms with Gasteiger partial charge in [0.2, 0.25) is 0 Å². The molecule has 3 heteroatoms. The molecule has 3 nitrogen and oxygen atoms in total. The lowest BCUT2D eigenvalue weighted by atomic mass is 10.1. The van der Waals surface area contributed by atoms with Gasteiger partial charge in [-0.15, -0.1) is 0 Å².